The molecular weight excluding hydrogens is 298 g/mol. The summed E-state index contributed by atoms with van der Waals surface area (Å²) in [5.74, 6) is 1.000. The van der Waals surface area contributed by atoms with Crippen molar-refractivity contribution in [2.24, 2.45) is 5.73 Å². The number of aryl methyl sites for hydroxylation is 1. The smallest absolute Gasteiger partial charge is 0.250 e. The van der Waals surface area contributed by atoms with Gasteiger partial charge >= 0.3 is 0 Å². The van der Waals surface area contributed by atoms with Crippen LogP contribution in [0, 0.1) is 0 Å². The summed E-state index contributed by atoms with van der Waals surface area (Å²) < 4.78 is 6.41. The lowest BCUT2D eigenvalue weighted by Gasteiger charge is -2.36. The van der Waals surface area contributed by atoms with Gasteiger partial charge in [-0.05, 0) is 72.4 Å². The topological polar surface area (TPSA) is 35.2 Å². The van der Waals surface area contributed by atoms with E-state index in [1.165, 1.54) is 16.3 Å². The molecule has 0 radical (unpaired) electrons. The Morgan fingerprint density at radius 3 is 2.26 bits per heavy atom. The zero-order chi connectivity index (χ0) is 17.1. The molecule has 0 saturated carbocycles. The molecule has 0 fully saturated rings. The van der Waals surface area contributed by atoms with E-state index >= 15 is 0 Å². The number of hydrogen-bond acceptors (Lipinski definition) is 2. The molecule has 2 rings (SSSR count). The number of nitrogens with two attached hydrogens (primary N) is 1. The molecule has 2 nitrogen and oxygen atoms in total. The standard InChI is InChI=1S/C20H31NOSi/c1-20(2,3)23(4,5)22-19-12-11-17-14-16(8-6-7-13-21)9-10-18(17)15-19/h9-12,14-15H,6-8,13,21H2,1-5H3. The van der Waals surface area contributed by atoms with E-state index in [0.717, 1.165) is 31.6 Å². The summed E-state index contributed by atoms with van der Waals surface area (Å²) in [4.78, 5) is 0. The summed E-state index contributed by atoms with van der Waals surface area (Å²) in [6, 6.07) is 13.2. The third-order valence-corrected chi connectivity index (χ3v) is 9.33. The van der Waals surface area contributed by atoms with E-state index in [1.54, 1.807) is 0 Å². The molecule has 0 aliphatic carbocycles. The Kier molecular flexibility index (Phi) is 5.53. The molecule has 0 saturated heterocycles. The predicted octanol–water partition coefficient (Wildman–Crippen LogP) is 5.51. The molecule has 2 aromatic rings. The Hall–Kier alpha value is -1.32. The quantitative estimate of drug-likeness (QED) is 0.560. The number of fused-ring (bicyclic) bond motifs is 1. The van der Waals surface area contributed by atoms with Crippen LogP contribution in [0.1, 0.15) is 39.2 Å². The SMILES string of the molecule is CC(C)(C)[Si](C)(C)Oc1ccc2cc(CCCCN)ccc2c1. The summed E-state index contributed by atoms with van der Waals surface area (Å²) in [5, 5.41) is 2.76. The third kappa shape index (κ3) is 4.58. The van der Waals surface area contributed by atoms with Gasteiger partial charge in [-0.2, -0.15) is 0 Å². The summed E-state index contributed by atoms with van der Waals surface area (Å²) in [6.45, 7) is 12.2. The predicted molar refractivity (Wildman–Crippen MR) is 104 cm³/mol. The summed E-state index contributed by atoms with van der Waals surface area (Å²) >= 11 is 0. The third-order valence-electron chi connectivity index (χ3n) is 4.97. The van der Waals surface area contributed by atoms with Crippen molar-refractivity contribution in [1.82, 2.24) is 0 Å². The second-order valence-corrected chi connectivity index (χ2v) is 12.7. The highest BCUT2D eigenvalue weighted by Gasteiger charge is 2.38. The number of unbranched alkanes of at least 4 members (excludes halogenated alkanes) is 1. The van der Waals surface area contributed by atoms with E-state index in [9.17, 15) is 0 Å². The van der Waals surface area contributed by atoms with Gasteiger partial charge in [0.1, 0.15) is 5.75 Å². The summed E-state index contributed by atoms with van der Waals surface area (Å²) in [7, 11) is -1.78. The Labute approximate surface area is 142 Å². The van der Waals surface area contributed by atoms with Crippen molar-refractivity contribution < 1.29 is 4.43 Å². The molecule has 0 bridgehead atoms. The Balaban J connectivity index is 2.18. The fourth-order valence-corrected chi connectivity index (χ4v) is 3.44. The molecule has 0 aromatic heterocycles. The molecule has 126 valence electrons. The number of rotatable bonds is 6. The average molecular weight is 330 g/mol. The van der Waals surface area contributed by atoms with Crippen molar-refractivity contribution in [2.75, 3.05) is 6.54 Å². The first kappa shape index (κ1) is 18.0. The first-order valence-electron chi connectivity index (χ1n) is 8.65. The number of benzene rings is 2. The van der Waals surface area contributed by atoms with Crippen LogP contribution < -0.4 is 10.2 Å². The minimum absolute atomic E-state index is 0.217. The molecule has 0 amide bonds. The summed E-state index contributed by atoms with van der Waals surface area (Å²) in [6.07, 6.45) is 3.36. The van der Waals surface area contributed by atoms with Gasteiger partial charge < -0.3 is 10.2 Å². The maximum Gasteiger partial charge on any atom is 0.250 e. The van der Waals surface area contributed by atoms with Crippen molar-refractivity contribution in [1.29, 1.82) is 0 Å². The van der Waals surface area contributed by atoms with Gasteiger partial charge in [0.05, 0.1) is 0 Å². The summed E-state index contributed by atoms with van der Waals surface area (Å²) in [5.41, 5.74) is 6.96. The maximum absolute atomic E-state index is 6.41. The monoisotopic (exact) mass is 329 g/mol. The minimum Gasteiger partial charge on any atom is -0.543 e. The van der Waals surface area contributed by atoms with E-state index in [2.05, 4.69) is 70.3 Å². The molecule has 0 spiro atoms. The van der Waals surface area contributed by atoms with Gasteiger partial charge in [0.15, 0.2) is 0 Å². The normalized spacial score (nSPS) is 12.6. The van der Waals surface area contributed by atoms with Gasteiger partial charge in [-0.3, -0.25) is 0 Å². The van der Waals surface area contributed by atoms with E-state index in [1.807, 2.05) is 0 Å². The van der Waals surface area contributed by atoms with Crippen LogP contribution in [-0.2, 0) is 6.42 Å². The lowest BCUT2D eigenvalue weighted by molar-refractivity contribution is 0.493. The molecule has 0 heterocycles. The van der Waals surface area contributed by atoms with Crippen LogP contribution in [0.5, 0.6) is 5.75 Å². The molecule has 0 atom stereocenters. The molecular formula is C20H31NOSi. The maximum atomic E-state index is 6.41. The van der Waals surface area contributed by atoms with Crippen LogP contribution in [0.3, 0.4) is 0 Å². The van der Waals surface area contributed by atoms with Crippen molar-refractivity contribution >= 4 is 19.1 Å². The molecule has 2 N–H and O–H groups in total. The second kappa shape index (κ2) is 7.06. The Morgan fingerprint density at radius 2 is 1.61 bits per heavy atom. The minimum atomic E-state index is -1.78. The highest BCUT2D eigenvalue weighted by Crippen LogP contribution is 2.37. The van der Waals surface area contributed by atoms with Crippen molar-refractivity contribution in [3.8, 4) is 5.75 Å². The molecule has 23 heavy (non-hydrogen) atoms. The highest BCUT2D eigenvalue weighted by molar-refractivity contribution is 6.74. The Morgan fingerprint density at radius 1 is 0.957 bits per heavy atom. The van der Waals surface area contributed by atoms with Gasteiger partial charge in [0, 0.05) is 0 Å². The molecule has 0 unspecified atom stereocenters. The van der Waals surface area contributed by atoms with Crippen LogP contribution in [-0.4, -0.2) is 14.9 Å². The van der Waals surface area contributed by atoms with Crippen LogP contribution >= 0.6 is 0 Å². The van der Waals surface area contributed by atoms with Gasteiger partial charge in [0.2, 0.25) is 8.32 Å². The van der Waals surface area contributed by atoms with Crippen LogP contribution in [0.4, 0.5) is 0 Å². The van der Waals surface area contributed by atoms with E-state index in [-0.39, 0.29) is 5.04 Å². The molecule has 0 aliphatic rings. The molecule has 0 aliphatic heterocycles. The van der Waals surface area contributed by atoms with Gasteiger partial charge in [-0.25, -0.2) is 0 Å². The van der Waals surface area contributed by atoms with E-state index in [0.29, 0.717) is 0 Å². The first-order chi connectivity index (χ1) is 10.7. The number of hydrogen-bond donors (Lipinski definition) is 1. The van der Waals surface area contributed by atoms with Crippen molar-refractivity contribution in [3.63, 3.8) is 0 Å². The fourth-order valence-electron chi connectivity index (χ4n) is 2.41. The zero-order valence-electron chi connectivity index (χ0n) is 15.3. The highest BCUT2D eigenvalue weighted by atomic mass is 28.4. The average Bonchev–Trinajstić information content (AvgIpc) is 2.46. The lowest BCUT2D eigenvalue weighted by Crippen LogP contribution is -2.43. The lowest BCUT2D eigenvalue weighted by atomic mass is 10.0. The largest absolute Gasteiger partial charge is 0.543 e. The van der Waals surface area contributed by atoms with Crippen molar-refractivity contribution in [3.05, 3.63) is 42.0 Å². The van der Waals surface area contributed by atoms with E-state index in [4.69, 9.17) is 10.2 Å². The van der Waals surface area contributed by atoms with Crippen LogP contribution in [0.25, 0.3) is 10.8 Å². The second-order valence-electron chi connectivity index (χ2n) is 7.95. The molecule has 2 aromatic carbocycles. The van der Waals surface area contributed by atoms with Crippen LogP contribution in [0.15, 0.2) is 36.4 Å². The zero-order valence-corrected chi connectivity index (χ0v) is 16.3. The van der Waals surface area contributed by atoms with Gasteiger partial charge in [-0.15, -0.1) is 0 Å². The Bertz CT molecular complexity index is 658. The van der Waals surface area contributed by atoms with E-state index < -0.39 is 8.32 Å². The van der Waals surface area contributed by atoms with Gasteiger partial charge in [0.25, 0.3) is 0 Å². The van der Waals surface area contributed by atoms with Gasteiger partial charge in [-0.1, -0.05) is 45.0 Å². The van der Waals surface area contributed by atoms with Crippen molar-refractivity contribution in [2.45, 2.75) is 58.2 Å². The first-order valence-corrected chi connectivity index (χ1v) is 11.6. The fraction of sp³-hybridized carbons (Fsp3) is 0.500. The van der Waals surface area contributed by atoms with Crippen LogP contribution in [0.2, 0.25) is 18.1 Å². The molecule has 3 heteroatoms.